The van der Waals surface area contributed by atoms with E-state index in [0.717, 1.165) is 0 Å². The second kappa shape index (κ2) is 5.63. The summed E-state index contributed by atoms with van der Waals surface area (Å²) < 4.78 is 20.8. The quantitative estimate of drug-likeness (QED) is 0.688. The number of methoxy groups -OCH3 is 3. The Morgan fingerprint density at radius 2 is 2.00 bits per heavy atom. The molecule has 0 aliphatic carbocycles. The predicted octanol–water partition coefficient (Wildman–Crippen LogP) is -0.230. The van der Waals surface area contributed by atoms with Crippen LogP contribution in [0.4, 0.5) is 0 Å². The Hall–Kier alpha value is -0.200. The van der Waals surface area contributed by atoms with Gasteiger partial charge in [0, 0.05) is 27.8 Å². The Balaban J connectivity index is 2.60. The van der Waals surface area contributed by atoms with Gasteiger partial charge in [-0.25, -0.2) is 0 Å². The summed E-state index contributed by atoms with van der Waals surface area (Å²) in [6.07, 6.45) is -0.993. The fraction of sp³-hybridized carbons (Fsp3) is 1.00. The first kappa shape index (κ1) is 11.9. The minimum Gasteiger partial charge on any atom is -0.382 e. The van der Waals surface area contributed by atoms with Crippen molar-refractivity contribution in [3.63, 3.8) is 0 Å². The zero-order chi connectivity index (χ0) is 10.6. The second-order valence-corrected chi connectivity index (χ2v) is 3.29. The number of aliphatic hydroxyl groups excluding tert-OH is 1. The minimum absolute atomic E-state index is 0.149. The molecule has 1 fully saturated rings. The van der Waals surface area contributed by atoms with Gasteiger partial charge >= 0.3 is 0 Å². The Bertz CT molecular complexity index is 163. The van der Waals surface area contributed by atoms with Crippen molar-refractivity contribution in [2.24, 2.45) is 0 Å². The molecule has 1 N–H and O–H groups in total. The van der Waals surface area contributed by atoms with E-state index in [1.165, 1.54) is 0 Å². The Morgan fingerprint density at radius 3 is 2.50 bits per heavy atom. The van der Waals surface area contributed by atoms with Crippen LogP contribution in [0.1, 0.15) is 6.42 Å². The van der Waals surface area contributed by atoms with Crippen LogP contribution in [0.15, 0.2) is 0 Å². The highest BCUT2D eigenvalue weighted by atomic mass is 16.6. The van der Waals surface area contributed by atoms with E-state index in [9.17, 15) is 5.11 Å². The van der Waals surface area contributed by atoms with Gasteiger partial charge in [-0.05, 0) is 0 Å². The van der Waals surface area contributed by atoms with Crippen molar-refractivity contribution in [2.75, 3.05) is 27.9 Å². The first-order valence-corrected chi connectivity index (χ1v) is 4.61. The molecule has 84 valence electrons. The van der Waals surface area contributed by atoms with Crippen LogP contribution in [0.2, 0.25) is 0 Å². The third-order valence-electron chi connectivity index (χ3n) is 2.40. The van der Waals surface area contributed by atoms with Gasteiger partial charge in [0.1, 0.15) is 12.2 Å². The van der Waals surface area contributed by atoms with E-state index >= 15 is 0 Å². The fourth-order valence-electron chi connectivity index (χ4n) is 1.74. The van der Waals surface area contributed by atoms with Crippen molar-refractivity contribution in [3.8, 4) is 0 Å². The van der Waals surface area contributed by atoms with E-state index in [0.29, 0.717) is 13.0 Å². The predicted molar refractivity (Wildman–Crippen MR) is 49.0 cm³/mol. The van der Waals surface area contributed by atoms with Crippen molar-refractivity contribution in [2.45, 2.75) is 31.0 Å². The summed E-state index contributed by atoms with van der Waals surface area (Å²) in [6.45, 7) is 0.384. The summed E-state index contributed by atoms with van der Waals surface area (Å²) in [5.41, 5.74) is 0. The van der Waals surface area contributed by atoms with Crippen LogP contribution in [0.3, 0.4) is 0 Å². The lowest BCUT2D eigenvalue weighted by Gasteiger charge is -2.38. The van der Waals surface area contributed by atoms with Crippen LogP contribution < -0.4 is 0 Å². The molecule has 0 aromatic rings. The highest BCUT2D eigenvalue weighted by molar-refractivity contribution is 4.84. The van der Waals surface area contributed by atoms with Crippen LogP contribution in [0.5, 0.6) is 0 Å². The first-order valence-electron chi connectivity index (χ1n) is 4.61. The molecule has 0 spiro atoms. The Kier molecular flexibility index (Phi) is 4.77. The van der Waals surface area contributed by atoms with Gasteiger partial charge < -0.3 is 24.1 Å². The number of hydrogen-bond donors (Lipinski definition) is 1. The molecule has 0 aromatic carbocycles. The molecule has 5 nitrogen and oxygen atoms in total. The van der Waals surface area contributed by atoms with Gasteiger partial charge in [-0.3, -0.25) is 0 Å². The van der Waals surface area contributed by atoms with Crippen LogP contribution in [0, 0.1) is 0 Å². The molecule has 0 aromatic heterocycles. The van der Waals surface area contributed by atoms with Gasteiger partial charge in [-0.2, -0.15) is 0 Å². The summed E-state index contributed by atoms with van der Waals surface area (Å²) in [4.78, 5) is 0. The number of hydrogen-bond acceptors (Lipinski definition) is 5. The van der Waals surface area contributed by atoms with Crippen molar-refractivity contribution in [1.29, 1.82) is 0 Å². The topological polar surface area (TPSA) is 57.2 Å². The molecular formula is C9H18O5. The van der Waals surface area contributed by atoms with Gasteiger partial charge in [0.15, 0.2) is 6.29 Å². The first-order chi connectivity index (χ1) is 6.72. The lowest BCUT2D eigenvalue weighted by atomic mass is 10.0. The molecule has 14 heavy (non-hydrogen) atoms. The molecule has 1 rings (SSSR count). The largest absolute Gasteiger partial charge is 0.382 e. The highest BCUT2D eigenvalue weighted by Gasteiger charge is 2.38. The van der Waals surface area contributed by atoms with Crippen molar-refractivity contribution >= 4 is 0 Å². The third-order valence-corrected chi connectivity index (χ3v) is 2.40. The maximum absolute atomic E-state index is 9.41. The second-order valence-electron chi connectivity index (χ2n) is 3.29. The molecule has 0 bridgehead atoms. The molecular weight excluding hydrogens is 188 g/mol. The summed E-state index contributed by atoms with van der Waals surface area (Å²) in [6, 6.07) is 0. The van der Waals surface area contributed by atoms with E-state index in [1.54, 1.807) is 21.3 Å². The van der Waals surface area contributed by atoms with Gasteiger partial charge in [0.05, 0.1) is 12.7 Å². The van der Waals surface area contributed by atoms with Crippen molar-refractivity contribution < 1.29 is 24.1 Å². The molecule has 1 aliphatic heterocycles. The molecule has 0 radical (unpaired) electrons. The molecule has 0 amide bonds. The van der Waals surface area contributed by atoms with Gasteiger partial charge in [0.2, 0.25) is 0 Å². The third kappa shape index (κ3) is 2.65. The zero-order valence-corrected chi connectivity index (χ0v) is 8.80. The number of ether oxygens (including phenoxy) is 4. The Morgan fingerprint density at radius 1 is 1.29 bits per heavy atom. The monoisotopic (exact) mass is 206 g/mol. The maximum atomic E-state index is 9.41. The fourth-order valence-corrected chi connectivity index (χ4v) is 1.74. The molecule has 1 saturated heterocycles. The van der Waals surface area contributed by atoms with E-state index in [4.69, 9.17) is 18.9 Å². The molecule has 0 saturated carbocycles. The molecule has 5 heteroatoms. The van der Waals surface area contributed by atoms with E-state index in [1.807, 2.05) is 0 Å². The van der Waals surface area contributed by atoms with Crippen molar-refractivity contribution in [1.82, 2.24) is 0 Å². The molecule has 1 aliphatic rings. The van der Waals surface area contributed by atoms with Crippen molar-refractivity contribution in [3.05, 3.63) is 0 Å². The lowest BCUT2D eigenvalue weighted by molar-refractivity contribution is -0.250. The highest BCUT2D eigenvalue weighted by Crippen LogP contribution is 2.23. The average Bonchev–Trinajstić information content (AvgIpc) is 2.17. The lowest BCUT2D eigenvalue weighted by Crippen LogP contribution is -2.51. The van der Waals surface area contributed by atoms with Gasteiger partial charge in [-0.1, -0.05) is 0 Å². The normalized spacial score (nSPS) is 38.6. The van der Waals surface area contributed by atoms with Crippen LogP contribution in [0.25, 0.3) is 0 Å². The average molecular weight is 206 g/mol. The number of aliphatic hydroxyl groups is 1. The zero-order valence-electron chi connectivity index (χ0n) is 8.80. The van der Waals surface area contributed by atoms with Gasteiger partial charge in [0.25, 0.3) is 0 Å². The van der Waals surface area contributed by atoms with E-state index in [-0.39, 0.29) is 18.3 Å². The summed E-state index contributed by atoms with van der Waals surface area (Å²) in [5.74, 6) is 0. The molecule has 0 unspecified atom stereocenters. The van der Waals surface area contributed by atoms with Crippen LogP contribution in [-0.2, 0) is 18.9 Å². The molecule has 4 atom stereocenters. The SMILES string of the molecule is COC[C@@H]1O[C@H](O)C[C@@H](OC)[C@@H]1OC. The number of rotatable bonds is 4. The van der Waals surface area contributed by atoms with Gasteiger partial charge in [-0.15, -0.1) is 0 Å². The van der Waals surface area contributed by atoms with E-state index < -0.39 is 6.29 Å². The minimum atomic E-state index is -0.800. The summed E-state index contributed by atoms with van der Waals surface area (Å²) >= 11 is 0. The summed E-state index contributed by atoms with van der Waals surface area (Å²) in [7, 11) is 4.78. The standard InChI is InChI=1S/C9H18O5/c1-11-5-7-9(13-3)6(12-2)4-8(10)14-7/h6-10H,4-5H2,1-3H3/t6-,7+,8+,9+/m1/s1. The van der Waals surface area contributed by atoms with E-state index in [2.05, 4.69) is 0 Å². The maximum Gasteiger partial charge on any atom is 0.157 e. The molecule has 1 heterocycles. The smallest absolute Gasteiger partial charge is 0.157 e. The Labute approximate surface area is 83.9 Å². The summed E-state index contributed by atoms with van der Waals surface area (Å²) in [5, 5.41) is 9.41. The van der Waals surface area contributed by atoms with Crippen LogP contribution >= 0.6 is 0 Å². The van der Waals surface area contributed by atoms with Crippen LogP contribution in [-0.4, -0.2) is 57.6 Å².